The molecule has 1 fully saturated rings. The van der Waals surface area contributed by atoms with E-state index in [-0.39, 0.29) is 23.8 Å². The van der Waals surface area contributed by atoms with E-state index in [4.69, 9.17) is 14.0 Å². The van der Waals surface area contributed by atoms with Crippen LogP contribution in [0.25, 0.3) is 0 Å². The van der Waals surface area contributed by atoms with Crippen LogP contribution in [-0.4, -0.2) is 66.7 Å². The molecule has 1 saturated heterocycles. The molecule has 1 aliphatic rings. The van der Waals surface area contributed by atoms with Gasteiger partial charge in [0.1, 0.15) is 5.82 Å². The molecule has 1 aliphatic heterocycles. The lowest BCUT2D eigenvalue weighted by atomic mass is 10.2. The highest BCUT2D eigenvalue weighted by atomic mass is 32.2. The summed E-state index contributed by atoms with van der Waals surface area (Å²) < 4.78 is 23.5. The zero-order valence-corrected chi connectivity index (χ0v) is 13.8. The maximum absolute atomic E-state index is 12.9. The van der Waals surface area contributed by atoms with Crippen molar-refractivity contribution in [3.8, 4) is 0 Å². The Bertz CT molecular complexity index is 551. The molecule has 0 aliphatic carbocycles. The van der Waals surface area contributed by atoms with Crippen molar-refractivity contribution in [1.82, 2.24) is 10.2 Å². The second kappa shape index (κ2) is 9.58. The number of amides is 2. The van der Waals surface area contributed by atoms with E-state index in [0.29, 0.717) is 26.3 Å². The molecular weight excluding hydrogens is 339 g/mol. The third-order valence-electron chi connectivity index (χ3n) is 3.25. The van der Waals surface area contributed by atoms with Gasteiger partial charge in [0.2, 0.25) is 6.23 Å². The summed E-state index contributed by atoms with van der Waals surface area (Å²) in [5.74, 6) is -1.13. The minimum absolute atomic E-state index is 0.116. The molecule has 7 nitrogen and oxygen atoms in total. The number of rotatable bonds is 7. The van der Waals surface area contributed by atoms with Gasteiger partial charge in [0.15, 0.2) is 0 Å². The Morgan fingerprint density at radius 1 is 1.33 bits per heavy atom. The number of hydrogen-bond acceptors (Lipinski definition) is 6. The zero-order valence-electron chi connectivity index (χ0n) is 12.9. The number of carbonyl (C=O) groups is 2. The van der Waals surface area contributed by atoms with E-state index in [1.165, 1.54) is 12.1 Å². The normalized spacial score (nSPS) is 15.8. The first-order valence-corrected chi connectivity index (χ1v) is 8.35. The molecule has 1 aromatic carbocycles. The van der Waals surface area contributed by atoms with Crippen molar-refractivity contribution in [2.45, 2.75) is 6.23 Å². The van der Waals surface area contributed by atoms with Gasteiger partial charge in [0.25, 0.3) is 11.8 Å². The summed E-state index contributed by atoms with van der Waals surface area (Å²) >= 11 is 0.890. The summed E-state index contributed by atoms with van der Waals surface area (Å²) in [6.45, 7) is 1.56. The van der Waals surface area contributed by atoms with Crippen molar-refractivity contribution in [3.05, 3.63) is 35.6 Å². The van der Waals surface area contributed by atoms with E-state index < -0.39 is 18.0 Å². The smallest absolute Gasteiger partial charge is 0.273 e. The fourth-order valence-corrected chi connectivity index (χ4v) is 2.47. The highest BCUT2D eigenvalue weighted by Gasteiger charge is 2.28. The second-order valence-electron chi connectivity index (χ2n) is 4.94. The van der Waals surface area contributed by atoms with Crippen molar-refractivity contribution in [1.29, 1.82) is 0 Å². The summed E-state index contributed by atoms with van der Waals surface area (Å²) in [7, 11) is 0. The number of halogens is 1. The van der Waals surface area contributed by atoms with Gasteiger partial charge in [0.05, 0.1) is 19.8 Å². The van der Waals surface area contributed by atoms with Crippen LogP contribution in [0.4, 0.5) is 4.39 Å². The Labute approximate surface area is 143 Å². The van der Waals surface area contributed by atoms with Crippen LogP contribution in [-0.2, 0) is 13.7 Å². The summed E-state index contributed by atoms with van der Waals surface area (Å²) in [5, 5.41) is 11.3. The van der Waals surface area contributed by atoms with Crippen LogP contribution in [0.15, 0.2) is 24.3 Å². The molecule has 9 heteroatoms. The molecule has 2 rings (SSSR count). The third kappa shape index (κ3) is 5.45. The van der Waals surface area contributed by atoms with Crippen LogP contribution in [0.5, 0.6) is 0 Å². The number of nitrogens with zero attached hydrogens (tertiary/aromatic N) is 1. The molecule has 0 unspecified atom stereocenters. The SMILES string of the molecule is O=C(N[C@@H](OSCCO)C(=O)N1CCOCC1)c1ccc(F)cc1. The number of morpholine rings is 1. The highest BCUT2D eigenvalue weighted by molar-refractivity contribution is 7.94. The van der Waals surface area contributed by atoms with Gasteiger partial charge >= 0.3 is 0 Å². The monoisotopic (exact) mass is 358 g/mol. The molecule has 0 aromatic heterocycles. The molecule has 0 radical (unpaired) electrons. The number of hydrogen-bond donors (Lipinski definition) is 2. The lowest BCUT2D eigenvalue weighted by Gasteiger charge is -2.30. The Morgan fingerprint density at radius 2 is 2.00 bits per heavy atom. The third-order valence-corrected chi connectivity index (χ3v) is 3.93. The fourth-order valence-electron chi connectivity index (χ4n) is 2.03. The van der Waals surface area contributed by atoms with E-state index in [0.717, 1.165) is 24.2 Å². The van der Waals surface area contributed by atoms with Crippen molar-refractivity contribution in [2.75, 3.05) is 38.7 Å². The molecule has 0 bridgehead atoms. The van der Waals surface area contributed by atoms with E-state index in [2.05, 4.69) is 5.32 Å². The summed E-state index contributed by atoms with van der Waals surface area (Å²) in [4.78, 5) is 26.3. The van der Waals surface area contributed by atoms with E-state index >= 15 is 0 Å². The number of ether oxygens (including phenoxy) is 1. The molecule has 1 aromatic rings. The van der Waals surface area contributed by atoms with Crippen LogP contribution < -0.4 is 5.32 Å². The van der Waals surface area contributed by atoms with Crippen LogP contribution in [0.3, 0.4) is 0 Å². The fraction of sp³-hybridized carbons (Fsp3) is 0.467. The Balaban J connectivity index is 2.02. The van der Waals surface area contributed by atoms with Crippen LogP contribution in [0.1, 0.15) is 10.4 Å². The standard InChI is InChI=1S/C15H19FN2O5S/c16-12-3-1-11(2-4-12)13(20)17-14(23-24-10-7-19)15(21)18-5-8-22-9-6-18/h1-4,14,19H,5-10H2,(H,17,20)/t14-/m0/s1. The predicted octanol–water partition coefficient (Wildman–Crippen LogP) is 0.397. The van der Waals surface area contributed by atoms with Crippen molar-refractivity contribution in [2.24, 2.45) is 0 Å². The molecule has 24 heavy (non-hydrogen) atoms. The van der Waals surface area contributed by atoms with E-state index in [9.17, 15) is 14.0 Å². The lowest BCUT2D eigenvalue weighted by molar-refractivity contribution is -0.143. The largest absolute Gasteiger partial charge is 0.395 e. The van der Waals surface area contributed by atoms with Gasteiger partial charge in [-0.05, 0) is 36.3 Å². The molecule has 1 atom stereocenters. The first-order chi connectivity index (χ1) is 11.6. The quantitative estimate of drug-likeness (QED) is 0.417. The van der Waals surface area contributed by atoms with Gasteiger partial charge in [-0.1, -0.05) is 0 Å². The van der Waals surface area contributed by atoms with E-state index in [1.807, 2.05) is 0 Å². The number of carbonyl (C=O) groups excluding carboxylic acids is 2. The number of benzene rings is 1. The zero-order chi connectivity index (χ0) is 17.4. The minimum atomic E-state index is -1.20. The second-order valence-corrected chi connectivity index (χ2v) is 5.78. The molecule has 0 saturated carbocycles. The lowest BCUT2D eigenvalue weighted by Crippen LogP contribution is -2.52. The Kier molecular flexibility index (Phi) is 7.44. The molecule has 2 N–H and O–H groups in total. The van der Waals surface area contributed by atoms with Gasteiger partial charge in [-0.2, -0.15) is 0 Å². The van der Waals surface area contributed by atoms with Gasteiger partial charge in [-0.15, -0.1) is 0 Å². The average molecular weight is 358 g/mol. The van der Waals surface area contributed by atoms with Gasteiger partial charge < -0.3 is 20.1 Å². The van der Waals surface area contributed by atoms with Crippen LogP contribution in [0.2, 0.25) is 0 Å². The number of aliphatic hydroxyl groups excluding tert-OH is 1. The highest BCUT2D eigenvalue weighted by Crippen LogP contribution is 2.11. The Hall–Kier alpha value is -1.68. The van der Waals surface area contributed by atoms with Crippen molar-refractivity contribution >= 4 is 23.9 Å². The van der Waals surface area contributed by atoms with Crippen LogP contribution in [0, 0.1) is 5.82 Å². The summed E-state index contributed by atoms with van der Waals surface area (Å²) in [6.07, 6.45) is -1.20. The molecule has 2 amide bonds. The molecule has 132 valence electrons. The van der Waals surface area contributed by atoms with Gasteiger partial charge in [-0.25, -0.2) is 4.39 Å². The maximum atomic E-state index is 12.9. The predicted molar refractivity (Wildman–Crippen MR) is 85.7 cm³/mol. The maximum Gasteiger partial charge on any atom is 0.273 e. The summed E-state index contributed by atoms with van der Waals surface area (Å²) in [6, 6.07) is 4.97. The summed E-state index contributed by atoms with van der Waals surface area (Å²) in [5.41, 5.74) is 0.215. The molecule has 1 heterocycles. The van der Waals surface area contributed by atoms with Crippen LogP contribution >= 0.6 is 12.0 Å². The number of aliphatic hydroxyl groups is 1. The minimum Gasteiger partial charge on any atom is -0.395 e. The first kappa shape index (κ1) is 18.7. The van der Waals surface area contributed by atoms with Gasteiger partial charge in [0, 0.05) is 24.4 Å². The van der Waals surface area contributed by atoms with Crippen molar-refractivity contribution in [3.63, 3.8) is 0 Å². The van der Waals surface area contributed by atoms with Gasteiger partial charge in [-0.3, -0.25) is 13.8 Å². The molecular formula is C15H19FN2O5S. The topological polar surface area (TPSA) is 88.1 Å². The molecule has 0 spiro atoms. The number of nitrogens with one attached hydrogen (secondary N) is 1. The van der Waals surface area contributed by atoms with E-state index in [1.54, 1.807) is 4.90 Å². The Morgan fingerprint density at radius 3 is 2.62 bits per heavy atom. The average Bonchev–Trinajstić information content (AvgIpc) is 2.61. The van der Waals surface area contributed by atoms with Crippen molar-refractivity contribution < 1.29 is 28.0 Å². The first-order valence-electron chi connectivity index (χ1n) is 7.44.